The molecule has 0 fully saturated rings. The fourth-order valence-electron chi connectivity index (χ4n) is 2.32. The zero-order valence-corrected chi connectivity index (χ0v) is 11.5. The normalized spacial score (nSPS) is 15.3. The number of benzene rings is 1. The van der Waals surface area contributed by atoms with Crippen LogP contribution in [-0.2, 0) is 6.54 Å². The SMILES string of the molecule is CCC(CCO)CNCc1cccc2c1OCCO2. The molecule has 1 unspecified atom stereocenters. The summed E-state index contributed by atoms with van der Waals surface area (Å²) in [6.07, 6.45) is 1.94. The van der Waals surface area contributed by atoms with E-state index in [-0.39, 0.29) is 6.61 Å². The van der Waals surface area contributed by atoms with Gasteiger partial charge in [-0.15, -0.1) is 0 Å². The lowest BCUT2D eigenvalue weighted by Gasteiger charge is -2.21. The number of fused-ring (bicyclic) bond motifs is 1. The Kier molecular flexibility index (Phi) is 5.48. The summed E-state index contributed by atoms with van der Waals surface area (Å²) in [5.41, 5.74) is 1.14. The van der Waals surface area contributed by atoms with E-state index in [1.165, 1.54) is 0 Å². The fourth-order valence-corrected chi connectivity index (χ4v) is 2.32. The van der Waals surface area contributed by atoms with Crippen LogP contribution in [0.2, 0.25) is 0 Å². The molecule has 4 nitrogen and oxygen atoms in total. The highest BCUT2D eigenvalue weighted by atomic mass is 16.6. The van der Waals surface area contributed by atoms with E-state index in [2.05, 4.69) is 18.3 Å². The molecule has 1 aliphatic rings. The van der Waals surface area contributed by atoms with Crippen LogP contribution in [0.4, 0.5) is 0 Å². The molecule has 1 heterocycles. The van der Waals surface area contributed by atoms with Gasteiger partial charge in [-0.1, -0.05) is 25.5 Å². The van der Waals surface area contributed by atoms with Crippen LogP contribution >= 0.6 is 0 Å². The van der Waals surface area contributed by atoms with E-state index in [4.69, 9.17) is 14.6 Å². The molecule has 0 amide bonds. The minimum Gasteiger partial charge on any atom is -0.486 e. The Bertz CT molecular complexity index is 395. The second kappa shape index (κ2) is 7.36. The predicted octanol–water partition coefficient (Wildman–Crippen LogP) is 1.96. The van der Waals surface area contributed by atoms with Gasteiger partial charge >= 0.3 is 0 Å². The van der Waals surface area contributed by atoms with Gasteiger partial charge in [0.1, 0.15) is 13.2 Å². The fraction of sp³-hybridized carbons (Fsp3) is 0.600. The molecule has 2 rings (SSSR count). The molecule has 106 valence electrons. The summed E-state index contributed by atoms with van der Waals surface area (Å²) in [5.74, 6) is 2.24. The maximum absolute atomic E-state index is 8.98. The van der Waals surface area contributed by atoms with Crippen molar-refractivity contribution in [3.63, 3.8) is 0 Å². The van der Waals surface area contributed by atoms with E-state index < -0.39 is 0 Å². The number of aliphatic hydroxyl groups excluding tert-OH is 1. The van der Waals surface area contributed by atoms with Crippen LogP contribution in [0.5, 0.6) is 11.5 Å². The summed E-state index contributed by atoms with van der Waals surface area (Å²) in [7, 11) is 0. The summed E-state index contributed by atoms with van der Waals surface area (Å²) in [6.45, 7) is 5.35. The molecule has 0 bridgehead atoms. The van der Waals surface area contributed by atoms with E-state index in [1.54, 1.807) is 0 Å². The molecule has 0 spiro atoms. The van der Waals surface area contributed by atoms with E-state index in [9.17, 15) is 0 Å². The number of rotatable bonds is 7. The van der Waals surface area contributed by atoms with Crippen LogP contribution in [0.1, 0.15) is 25.3 Å². The highest BCUT2D eigenvalue weighted by Gasteiger charge is 2.15. The molecule has 19 heavy (non-hydrogen) atoms. The smallest absolute Gasteiger partial charge is 0.165 e. The quantitative estimate of drug-likeness (QED) is 0.791. The van der Waals surface area contributed by atoms with Crippen molar-refractivity contribution in [1.82, 2.24) is 5.32 Å². The lowest BCUT2D eigenvalue weighted by Crippen LogP contribution is -2.24. The van der Waals surface area contributed by atoms with E-state index in [0.717, 1.165) is 43.0 Å². The molecule has 1 aromatic rings. The molecule has 4 heteroatoms. The molecule has 0 saturated heterocycles. The molecule has 1 atom stereocenters. The van der Waals surface area contributed by atoms with Crippen LogP contribution in [0.25, 0.3) is 0 Å². The number of hydrogen-bond acceptors (Lipinski definition) is 4. The predicted molar refractivity (Wildman–Crippen MR) is 74.6 cm³/mol. The second-order valence-corrected chi connectivity index (χ2v) is 4.86. The summed E-state index contributed by atoms with van der Waals surface area (Å²) in [4.78, 5) is 0. The van der Waals surface area contributed by atoms with Crippen molar-refractivity contribution in [2.75, 3.05) is 26.4 Å². The topological polar surface area (TPSA) is 50.7 Å². The molecule has 0 saturated carbocycles. The highest BCUT2D eigenvalue weighted by Crippen LogP contribution is 2.33. The Balaban J connectivity index is 1.89. The van der Waals surface area contributed by atoms with Crippen molar-refractivity contribution in [2.45, 2.75) is 26.3 Å². The van der Waals surface area contributed by atoms with Gasteiger partial charge in [0.2, 0.25) is 0 Å². The van der Waals surface area contributed by atoms with Gasteiger partial charge in [0.25, 0.3) is 0 Å². The first-order valence-electron chi connectivity index (χ1n) is 7.04. The first-order valence-corrected chi connectivity index (χ1v) is 7.04. The third kappa shape index (κ3) is 3.85. The third-order valence-corrected chi connectivity index (χ3v) is 3.51. The highest BCUT2D eigenvalue weighted by molar-refractivity contribution is 5.47. The molecular formula is C15H23NO3. The number of nitrogens with one attached hydrogen (secondary N) is 1. The van der Waals surface area contributed by atoms with Gasteiger partial charge in [0, 0.05) is 18.7 Å². The third-order valence-electron chi connectivity index (χ3n) is 3.51. The molecular weight excluding hydrogens is 242 g/mol. The Hall–Kier alpha value is -1.26. The Labute approximate surface area is 114 Å². The summed E-state index contributed by atoms with van der Waals surface area (Å²) in [5, 5.41) is 12.4. The van der Waals surface area contributed by atoms with Crippen molar-refractivity contribution < 1.29 is 14.6 Å². The Morgan fingerprint density at radius 2 is 2.16 bits per heavy atom. The molecule has 1 aliphatic heterocycles. The van der Waals surface area contributed by atoms with Crippen LogP contribution in [0.15, 0.2) is 18.2 Å². The van der Waals surface area contributed by atoms with Gasteiger partial charge in [-0.3, -0.25) is 0 Å². The van der Waals surface area contributed by atoms with Gasteiger partial charge in [0.15, 0.2) is 11.5 Å². The molecule has 0 aromatic heterocycles. The first kappa shape index (κ1) is 14.2. The van der Waals surface area contributed by atoms with Gasteiger partial charge in [-0.05, 0) is 24.9 Å². The lowest BCUT2D eigenvalue weighted by atomic mass is 10.0. The minimum atomic E-state index is 0.262. The van der Waals surface area contributed by atoms with E-state index in [0.29, 0.717) is 19.1 Å². The number of para-hydroxylation sites is 1. The molecule has 2 N–H and O–H groups in total. The standard InChI is InChI=1S/C15H23NO3/c1-2-12(6-7-17)10-16-11-13-4-3-5-14-15(13)19-9-8-18-14/h3-5,12,16-17H,2,6-11H2,1H3. The van der Waals surface area contributed by atoms with E-state index >= 15 is 0 Å². The van der Waals surface area contributed by atoms with Crippen LogP contribution in [-0.4, -0.2) is 31.5 Å². The van der Waals surface area contributed by atoms with E-state index in [1.807, 2.05) is 12.1 Å². The monoisotopic (exact) mass is 265 g/mol. The maximum atomic E-state index is 8.98. The van der Waals surface area contributed by atoms with Crippen molar-refractivity contribution in [3.05, 3.63) is 23.8 Å². The largest absolute Gasteiger partial charge is 0.486 e. The van der Waals surface area contributed by atoms with Crippen molar-refractivity contribution in [3.8, 4) is 11.5 Å². The van der Waals surface area contributed by atoms with Crippen molar-refractivity contribution in [2.24, 2.45) is 5.92 Å². The number of aliphatic hydroxyl groups is 1. The Morgan fingerprint density at radius 1 is 1.32 bits per heavy atom. The van der Waals surface area contributed by atoms with Crippen LogP contribution in [0.3, 0.4) is 0 Å². The molecule has 0 radical (unpaired) electrons. The van der Waals surface area contributed by atoms with Crippen molar-refractivity contribution >= 4 is 0 Å². The van der Waals surface area contributed by atoms with Gasteiger partial charge in [-0.25, -0.2) is 0 Å². The van der Waals surface area contributed by atoms with Crippen molar-refractivity contribution in [1.29, 1.82) is 0 Å². The maximum Gasteiger partial charge on any atom is 0.165 e. The second-order valence-electron chi connectivity index (χ2n) is 4.86. The minimum absolute atomic E-state index is 0.262. The average molecular weight is 265 g/mol. The number of hydrogen-bond donors (Lipinski definition) is 2. The van der Waals surface area contributed by atoms with Crippen LogP contribution < -0.4 is 14.8 Å². The summed E-state index contributed by atoms with van der Waals surface area (Å²) < 4.78 is 11.2. The zero-order valence-electron chi connectivity index (χ0n) is 11.5. The zero-order chi connectivity index (χ0) is 13.5. The molecule has 1 aromatic carbocycles. The average Bonchev–Trinajstić information content (AvgIpc) is 2.46. The first-order chi connectivity index (χ1) is 9.35. The van der Waals surface area contributed by atoms with Gasteiger partial charge < -0.3 is 19.9 Å². The van der Waals surface area contributed by atoms with Gasteiger partial charge in [0.05, 0.1) is 0 Å². The summed E-state index contributed by atoms with van der Waals surface area (Å²) in [6, 6.07) is 6.00. The number of ether oxygens (including phenoxy) is 2. The Morgan fingerprint density at radius 3 is 2.95 bits per heavy atom. The lowest BCUT2D eigenvalue weighted by molar-refractivity contribution is 0.169. The molecule has 0 aliphatic carbocycles. The van der Waals surface area contributed by atoms with Gasteiger partial charge in [-0.2, -0.15) is 0 Å². The van der Waals surface area contributed by atoms with Crippen LogP contribution in [0, 0.1) is 5.92 Å². The summed E-state index contributed by atoms with van der Waals surface area (Å²) >= 11 is 0.